The van der Waals surface area contributed by atoms with Crippen LogP contribution in [0.25, 0.3) is 0 Å². The van der Waals surface area contributed by atoms with E-state index in [4.69, 9.17) is 4.74 Å². The smallest absolute Gasteiger partial charge is 0.285 e. The first-order valence-corrected chi connectivity index (χ1v) is 18.6. The third kappa shape index (κ3) is 7.47. The SMILES string of the molecule is CCOc1cccc(C#Cc2ccccc2CN2CCN(c3ccc(C(=O)NS(=O)(=O)CC45CC6CC(CC(C6)C4)C5)nn3)CC2)c1. The summed E-state index contributed by atoms with van der Waals surface area (Å²) in [7, 11) is -3.78. The minimum Gasteiger partial charge on any atom is -0.494 e. The van der Waals surface area contributed by atoms with Crippen LogP contribution >= 0.6 is 0 Å². The van der Waals surface area contributed by atoms with E-state index in [-0.39, 0.29) is 16.9 Å². The van der Waals surface area contributed by atoms with Crippen LogP contribution < -0.4 is 14.4 Å². The van der Waals surface area contributed by atoms with Crippen LogP contribution in [0.3, 0.4) is 0 Å². The predicted molar refractivity (Wildman–Crippen MR) is 181 cm³/mol. The predicted octanol–water partition coefficient (Wildman–Crippen LogP) is 4.87. The van der Waals surface area contributed by atoms with Crippen LogP contribution in [0.1, 0.15) is 72.6 Å². The third-order valence-electron chi connectivity index (χ3n) is 10.4. The topological polar surface area (TPSA) is 105 Å². The molecule has 5 aliphatic rings. The Morgan fingerprint density at radius 1 is 0.915 bits per heavy atom. The van der Waals surface area contributed by atoms with E-state index in [2.05, 4.69) is 48.7 Å². The summed E-state index contributed by atoms with van der Waals surface area (Å²) in [6.07, 6.45) is 6.66. The van der Waals surface area contributed by atoms with E-state index in [1.165, 1.54) is 24.8 Å². The lowest BCUT2D eigenvalue weighted by molar-refractivity contribution is -0.0391. The average Bonchev–Trinajstić information content (AvgIpc) is 3.04. The molecule has 10 heteroatoms. The Labute approximate surface area is 278 Å². The van der Waals surface area contributed by atoms with Gasteiger partial charge in [-0.1, -0.05) is 36.1 Å². The van der Waals surface area contributed by atoms with E-state index in [0.717, 1.165) is 68.9 Å². The molecule has 0 radical (unpaired) electrons. The van der Waals surface area contributed by atoms with Crippen LogP contribution in [-0.2, 0) is 16.6 Å². The zero-order valence-corrected chi connectivity index (χ0v) is 27.8. The number of sulfonamides is 1. The number of amides is 1. The van der Waals surface area contributed by atoms with Gasteiger partial charge in [-0.2, -0.15) is 0 Å². The summed E-state index contributed by atoms with van der Waals surface area (Å²) >= 11 is 0. The second kappa shape index (κ2) is 13.3. The number of aromatic nitrogens is 2. The summed E-state index contributed by atoms with van der Waals surface area (Å²) in [6, 6.07) is 19.4. The Balaban J connectivity index is 0.920. The molecule has 2 aromatic carbocycles. The van der Waals surface area contributed by atoms with Crippen molar-refractivity contribution in [2.24, 2.45) is 23.2 Å². The highest BCUT2D eigenvalue weighted by molar-refractivity contribution is 7.90. The Morgan fingerprint density at radius 2 is 1.64 bits per heavy atom. The molecule has 0 spiro atoms. The van der Waals surface area contributed by atoms with Crippen molar-refractivity contribution in [3.05, 3.63) is 83.0 Å². The normalized spacial score (nSPS) is 25.2. The fraction of sp³-hybridized carbons (Fsp3) is 0.486. The number of ether oxygens (including phenoxy) is 1. The lowest BCUT2D eigenvalue weighted by atomic mass is 9.50. The number of piperazine rings is 1. The molecule has 9 nitrogen and oxygen atoms in total. The maximum absolute atomic E-state index is 13.1. The summed E-state index contributed by atoms with van der Waals surface area (Å²) in [5, 5.41) is 8.42. The van der Waals surface area contributed by atoms with Crippen LogP contribution in [0, 0.1) is 35.0 Å². The van der Waals surface area contributed by atoms with Gasteiger partial charge in [-0.3, -0.25) is 9.69 Å². The molecule has 4 bridgehead atoms. The van der Waals surface area contributed by atoms with E-state index < -0.39 is 15.9 Å². The first kappa shape index (κ1) is 31.6. The quantitative estimate of drug-likeness (QED) is 0.326. The number of hydrogen-bond acceptors (Lipinski definition) is 8. The second-order valence-electron chi connectivity index (χ2n) is 14.0. The van der Waals surface area contributed by atoms with Crippen molar-refractivity contribution in [1.82, 2.24) is 19.8 Å². The van der Waals surface area contributed by atoms with Gasteiger partial charge < -0.3 is 9.64 Å². The summed E-state index contributed by atoms with van der Waals surface area (Å²) < 4.78 is 34.2. The summed E-state index contributed by atoms with van der Waals surface area (Å²) in [6.45, 7) is 6.58. The van der Waals surface area contributed by atoms with Gasteiger partial charge in [-0.05, 0) is 111 Å². The molecule has 246 valence electrons. The molecule has 1 N–H and O–H groups in total. The van der Waals surface area contributed by atoms with Gasteiger partial charge in [-0.15, -0.1) is 10.2 Å². The van der Waals surface area contributed by atoms with Crippen molar-refractivity contribution in [1.29, 1.82) is 0 Å². The van der Waals surface area contributed by atoms with Gasteiger partial charge >= 0.3 is 0 Å². The molecule has 1 aromatic heterocycles. The van der Waals surface area contributed by atoms with Gasteiger partial charge in [0.15, 0.2) is 11.5 Å². The van der Waals surface area contributed by atoms with E-state index >= 15 is 0 Å². The lowest BCUT2D eigenvalue weighted by Gasteiger charge is -2.56. The second-order valence-corrected chi connectivity index (χ2v) is 15.7. The molecule has 0 atom stereocenters. The molecule has 4 aliphatic carbocycles. The Morgan fingerprint density at radius 3 is 2.32 bits per heavy atom. The Kier molecular flexibility index (Phi) is 8.95. The van der Waals surface area contributed by atoms with Gasteiger partial charge in [0.1, 0.15) is 5.75 Å². The highest BCUT2D eigenvalue weighted by atomic mass is 32.2. The standard InChI is InChI=1S/C37H43N5O4S/c1-2-46-33-9-5-6-27(21-33)10-11-31-7-3-4-8-32(31)25-41-14-16-42(17-15-41)35-13-12-34(38-39-35)36(43)40-47(44,45)26-37-22-28-18-29(23-37)20-30(19-28)24-37/h3-9,12-13,21,28-30H,2,14-20,22-26H2,1H3,(H,40,43). The molecule has 4 saturated carbocycles. The van der Waals surface area contributed by atoms with Gasteiger partial charge in [-0.25, -0.2) is 13.1 Å². The maximum Gasteiger partial charge on any atom is 0.285 e. The van der Waals surface area contributed by atoms with Gasteiger partial charge in [0, 0.05) is 43.9 Å². The van der Waals surface area contributed by atoms with Crippen LogP contribution in [0.15, 0.2) is 60.7 Å². The average molecular weight is 654 g/mol. The first-order valence-electron chi connectivity index (χ1n) is 16.9. The summed E-state index contributed by atoms with van der Waals surface area (Å²) in [5.41, 5.74) is 2.95. The summed E-state index contributed by atoms with van der Waals surface area (Å²) in [5.74, 6) is 9.42. The number of nitrogens with one attached hydrogen (secondary N) is 1. The van der Waals surface area contributed by atoms with E-state index in [1.807, 2.05) is 43.3 Å². The van der Waals surface area contributed by atoms with Crippen molar-refractivity contribution in [2.75, 3.05) is 43.4 Å². The minimum atomic E-state index is -3.78. The number of carbonyl (C=O) groups excluding carboxylic acids is 1. The van der Waals surface area contributed by atoms with Crippen LogP contribution in [-0.4, -0.2) is 68.0 Å². The monoisotopic (exact) mass is 653 g/mol. The molecule has 0 unspecified atom stereocenters. The van der Waals surface area contributed by atoms with Crippen LogP contribution in [0.2, 0.25) is 0 Å². The molecule has 5 fully saturated rings. The Bertz CT molecular complexity index is 1740. The maximum atomic E-state index is 13.1. The third-order valence-corrected chi connectivity index (χ3v) is 11.9. The van der Waals surface area contributed by atoms with Crippen molar-refractivity contribution in [2.45, 2.75) is 52.0 Å². The molecule has 1 saturated heterocycles. The molecular weight excluding hydrogens is 611 g/mol. The van der Waals surface area contributed by atoms with Crippen molar-refractivity contribution in [3.8, 4) is 17.6 Å². The molecular formula is C37H43N5O4S. The largest absolute Gasteiger partial charge is 0.494 e. The first-order chi connectivity index (χ1) is 22.7. The fourth-order valence-electron chi connectivity index (χ4n) is 8.84. The zero-order chi connectivity index (χ0) is 32.4. The van der Waals surface area contributed by atoms with E-state index in [9.17, 15) is 13.2 Å². The van der Waals surface area contributed by atoms with Gasteiger partial charge in [0.05, 0.1) is 12.4 Å². The molecule has 8 rings (SSSR count). The molecule has 1 aliphatic heterocycles. The summed E-state index contributed by atoms with van der Waals surface area (Å²) in [4.78, 5) is 17.5. The highest BCUT2D eigenvalue weighted by Crippen LogP contribution is 2.60. The van der Waals surface area contributed by atoms with E-state index in [0.29, 0.717) is 30.2 Å². The number of hydrogen-bond donors (Lipinski definition) is 1. The van der Waals surface area contributed by atoms with Crippen molar-refractivity contribution < 1.29 is 17.9 Å². The Hall–Kier alpha value is -3.94. The fourth-order valence-corrected chi connectivity index (χ4v) is 10.5. The van der Waals surface area contributed by atoms with E-state index in [1.54, 1.807) is 12.1 Å². The van der Waals surface area contributed by atoms with Crippen molar-refractivity contribution >= 4 is 21.7 Å². The zero-order valence-electron chi connectivity index (χ0n) is 27.0. The van der Waals surface area contributed by atoms with Crippen molar-refractivity contribution in [3.63, 3.8) is 0 Å². The number of anilines is 1. The molecule has 3 aromatic rings. The van der Waals surface area contributed by atoms with Gasteiger partial charge in [0.2, 0.25) is 10.0 Å². The molecule has 2 heterocycles. The van der Waals surface area contributed by atoms with Crippen LogP contribution in [0.5, 0.6) is 5.75 Å². The number of benzene rings is 2. The minimum absolute atomic E-state index is 0.0174. The number of rotatable bonds is 9. The lowest BCUT2D eigenvalue weighted by Crippen LogP contribution is -2.51. The van der Waals surface area contributed by atoms with Crippen LogP contribution in [0.4, 0.5) is 5.82 Å². The molecule has 47 heavy (non-hydrogen) atoms. The van der Waals surface area contributed by atoms with Gasteiger partial charge in [0.25, 0.3) is 5.91 Å². The number of carbonyl (C=O) groups is 1. The molecule has 1 amide bonds. The highest BCUT2D eigenvalue weighted by Gasteiger charge is 2.52. The number of nitrogens with zero attached hydrogens (tertiary/aromatic N) is 4.